The summed E-state index contributed by atoms with van der Waals surface area (Å²) >= 11 is 0. The maximum Gasteiger partial charge on any atom is 0.311 e. The molecule has 0 unspecified atom stereocenters. The zero-order valence-corrected chi connectivity index (χ0v) is 21.8. The predicted molar refractivity (Wildman–Crippen MR) is 132 cm³/mol. The van der Waals surface area contributed by atoms with E-state index in [-0.39, 0.29) is 18.4 Å². The summed E-state index contributed by atoms with van der Waals surface area (Å²) in [6.45, 7) is 15.1. The van der Waals surface area contributed by atoms with Crippen molar-refractivity contribution in [2.24, 2.45) is 11.8 Å². The Morgan fingerprint density at radius 3 is 2.30 bits per heavy atom. The first kappa shape index (κ1) is 27.2. The summed E-state index contributed by atoms with van der Waals surface area (Å²) in [4.78, 5) is 22.9. The molecule has 5 nitrogen and oxygen atoms in total. The van der Waals surface area contributed by atoms with Crippen molar-refractivity contribution in [3.8, 4) is 11.5 Å². The normalized spacial score (nSPS) is 18.5. The van der Waals surface area contributed by atoms with Crippen LogP contribution in [0.4, 0.5) is 0 Å². The van der Waals surface area contributed by atoms with Crippen LogP contribution >= 0.6 is 0 Å². The number of carboxylic acid groups (broad SMARTS) is 1. The van der Waals surface area contributed by atoms with Gasteiger partial charge in [0, 0.05) is 5.56 Å². The second-order valence-electron chi connectivity index (χ2n) is 10.8. The molecular formula is C28H44O5. The number of carbonyl (C=O) groups excluding carboxylic acids is 1. The number of rotatable bonds is 12. The summed E-state index contributed by atoms with van der Waals surface area (Å²) in [5.41, 5.74) is 3.76. The molecule has 1 heterocycles. The van der Waals surface area contributed by atoms with Gasteiger partial charge in [0.05, 0.1) is 12.8 Å². The monoisotopic (exact) mass is 460 g/mol. The zero-order valence-electron chi connectivity index (χ0n) is 21.8. The Hall–Kier alpha value is -2.04. The molecule has 0 radical (unpaired) electrons. The maximum atomic E-state index is 12.2. The van der Waals surface area contributed by atoms with Gasteiger partial charge in [-0.1, -0.05) is 46.5 Å². The molecule has 2 rings (SSSR count). The summed E-state index contributed by atoms with van der Waals surface area (Å²) in [6, 6.07) is 0. The Bertz CT molecular complexity index is 841. The Kier molecular flexibility index (Phi) is 9.81. The molecule has 186 valence electrons. The van der Waals surface area contributed by atoms with E-state index >= 15 is 0 Å². The maximum absolute atomic E-state index is 12.2. The van der Waals surface area contributed by atoms with E-state index in [9.17, 15) is 9.59 Å². The van der Waals surface area contributed by atoms with Crippen molar-refractivity contribution < 1.29 is 24.2 Å². The first-order chi connectivity index (χ1) is 15.4. The Balaban J connectivity index is 2.03. The van der Waals surface area contributed by atoms with Gasteiger partial charge in [-0.05, 0) is 81.9 Å². The third-order valence-corrected chi connectivity index (χ3v) is 7.20. The summed E-state index contributed by atoms with van der Waals surface area (Å²) < 4.78 is 12.2. The van der Waals surface area contributed by atoms with Gasteiger partial charge < -0.3 is 14.6 Å². The van der Waals surface area contributed by atoms with Gasteiger partial charge in [0.2, 0.25) is 0 Å². The van der Waals surface area contributed by atoms with Gasteiger partial charge in [-0.25, -0.2) is 0 Å². The molecule has 0 saturated heterocycles. The number of aliphatic carboxylic acids is 1. The lowest BCUT2D eigenvalue weighted by atomic mass is 9.84. The molecule has 1 aromatic carbocycles. The standard InChI is InChI=1S/C28H44O5/c1-18(2)10-8-11-19(3)12-9-16-28(7)17-15-23-22(6)26(20(4)21(5)27(23)33-28)32-25(31)14-13-24(29)30/h18-19H,8-17H2,1-7H3,(H,29,30)/t19-,28-/m1/s1. The van der Waals surface area contributed by atoms with E-state index < -0.39 is 11.9 Å². The highest BCUT2D eigenvalue weighted by atomic mass is 16.5. The number of fused-ring (bicyclic) bond motifs is 1. The van der Waals surface area contributed by atoms with Gasteiger partial charge in [-0.2, -0.15) is 0 Å². The molecule has 0 amide bonds. The van der Waals surface area contributed by atoms with E-state index in [4.69, 9.17) is 14.6 Å². The lowest BCUT2D eigenvalue weighted by Crippen LogP contribution is -2.37. The van der Waals surface area contributed by atoms with Gasteiger partial charge in [-0.15, -0.1) is 0 Å². The van der Waals surface area contributed by atoms with Crippen LogP contribution < -0.4 is 9.47 Å². The number of ether oxygens (including phenoxy) is 2. The van der Waals surface area contributed by atoms with Gasteiger partial charge in [0.1, 0.15) is 17.1 Å². The minimum Gasteiger partial charge on any atom is -0.487 e. The van der Waals surface area contributed by atoms with Gasteiger partial charge in [-0.3, -0.25) is 9.59 Å². The van der Waals surface area contributed by atoms with Crippen molar-refractivity contribution >= 4 is 11.9 Å². The van der Waals surface area contributed by atoms with Crippen LogP contribution in [0.15, 0.2) is 0 Å². The fourth-order valence-corrected chi connectivity index (χ4v) is 4.83. The number of carboxylic acids is 1. The van der Waals surface area contributed by atoms with Crippen molar-refractivity contribution in [1.82, 2.24) is 0 Å². The quantitative estimate of drug-likeness (QED) is 0.266. The molecule has 1 aliphatic heterocycles. The molecule has 5 heteroatoms. The van der Waals surface area contributed by atoms with Crippen LogP contribution in [0.3, 0.4) is 0 Å². The van der Waals surface area contributed by atoms with Gasteiger partial charge in [0.25, 0.3) is 0 Å². The first-order valence-electron chi connectivity index (χ1n) is 12.7. The average Bonchev–Trinajstić information content (AvgIpc) is 2.73. The molecule has 2 atom stereocenters. The highest BCUT2D eigenvalue weighted by molar-refractivity contribution is 5.79. The van der Waals surface area contributed by atoms with Crippen molar-refractivity contribution in [1.29, 1.82) is 0 Å². The third kappa shape index (κ3) is 7.75. The highest BCUT2D eigenvalue weighted by Gasteiger charge is 2.34. The van der Waals surface area contributed by atoms with E-state index in [1.165, 1.54) is 32.1 Å². The molecule has 0 saturated carbocycles. The van der Waals surface area contributed by atoms with Crippen LogP contribution in [0.2, 0.25) is 0 Å². The number of esters is 1. The van der Waals surface area contributed by atoms with Crippen molar-refractivity contribution in [2.45, 2.75) is 118 Å². The van der Waals surface area contributed by atoms with Crippen LogP contribution in [0, 0.1) is 32.6 Å². The lowest BCUT2D eigenvalue weighted by Gasteiger charge is -2.38. The molecule has 0 fully saturated rings. The van der Waals surface area contributed by atoms with Crippen LogP contribution in [0.25, 0.3) is 0 Å². The summed E-state index contributed by atoms with van der Waals surface area (Å²) in [5, 5.41) is 8.81. The van der Waals surface area contributed by atoms with E-state index in [0.29, 0.717) is 5.75 Å². The van der Waals surface area contributed by atoms with Crippen LogP contribution in [0.5, 0.6) is 11.5 Å². The van der Waals surface area contributed by atoms with E-state index in [2.05, 4.69) is 27.7 Å². The van der Waals surface area contributed by atoms with E-state index in [1.54, 1.807) is 0 Å². The first-order valence-corrected chi connectivity index (χ1v) is 12.7. The SMILES string of the molecule is Cc1c(C)c2c(c(C)c1OC(=O)CCC(=O)O)CC[C@@](C)(CCC[C@H](C)CCCC(C)C)O2. The largest absolute Gasteiger partial charge is 0.487 e. The van der Waals surface area contributed by atoms with Crippen LogP contribution in [-0.4, -0.2) is 22.6 Å². The molecule has 1 N–H and O–H groups in total. The van der Waals surface area contributed by atoms with E-state index in [1.807, 2.05) is 20.8 Å². The molecule has 0 aromatic heterocycles. The Morgan fingerprint density at radius 2 is 1.67 bits per heavy atom. The molecule has 33 heavy (non-hydrogen) atoms. The fraction of sp³-hybridized carbons (Fsp3) is 0.714. The van der Waals surface area contributed by atoms with Gasteiger partial charge >= 0.3 is 11.9 Å². The highest BCUT2D eigenvalue weighted by Crippen LogP contribution is 2.45. The minimum atomic E-state index is -1.00. The summed E-state index contributed by atoms with van der Waals surface area (Å²) in [5.74, 6) is 1.54. The molecule has 1 aromatic rings. The number of carbonyl (C=O) groups is 2. The Labute approximate surface area is 200 Å². The molecule has 0 bridgehead atoms. The third-order valence-electron chi connectivity index (χ3n) is 7.20. The zero-order chi connectivity index (χ0) is 24.8. The molecule has 1 aliphatic rings. The predicted octanol–water partition coefficient (Wildman–Crippen LogP) is 7.10. The smallest absolute Gasteiger partial charge is 0.311 e. The average molecular weight is 461 g/mol. The van der Waals surface area contributed by atoms with Crippen molar-refractivity contribution in [3.63, 3.8) is 0 Å². The van der Waals surface area contributed by atoms with Crippen LogP contribution in [0.1, 0.15) is 108 Å². The molecule has 0 spiro atoms. The Morgan fingerprint density at radius 1 is 1.00 bits per heavy atom. The number of hydrogen-bond acceptors (Lipinski definition) is 4. The lowest BCUT2D eigenvalue weighted by molar-refractivity contribution is -0.142. The van der Waals surface area contributed by atoms with Crippen molar-refractivity contribution in [3.05, 3.63) is 22.3 Å². The number of benzene rings is 1. The van der Waals surface area contributed by atoms with Crippen LogP contribution in [-0.2, 0) is 16.0 Å². The minimum absolute atomic E-state index is 0.130. The molecule has 0 aliphatic carbocycles. The van der Waals surface area contributed by atoms with E-state index in [0.717, 1.165) is 59.1 Å². The topological polar surface area (TPSA) is 72.8 Å². The van der Waals surface area contributed by atoms with Gasteiger partial charge in [0.15, 0.2) is 0 Å². The second kappa shape index (κ2) is 11.9. The summed E-state index contributed by atoms with van der Waals surface area (Å²) in [6.07, 6.45) is 8.89. The second-order valence-corrected chi connectivity index (χ2v) is 10.8. The fourth-order valence-electron chi connectivity index (χ4n) is 4.83. The molecular weight excluding hydrogens is 416 g/mol. The number of hydrogen-bond donors (Lipinski definition) is 1. The van der Waals surface area contributed by atoms with Crippen molar-refractivity contribution in [2.75, 3.05) is 0 Å². The summed E-state index contributed by atoms with van der Waals surface area (Å²) in [7, 11) is 0.